The number of alkyl halides is 2. The van der Waals surface area contributed by atoms with Gasteiger partial charge in [-0.25, -0.2) is 4.79 Å². The summed E-state index contributed by atoms with van der Waals surface area (Å²) in [5.74, 6) is -2.30. The molecule has 8 heteroatoms. The molecule has 0 aromatic heterocycles. The predicted octanol–water partition coefficient (Wildman–Crippen LogP) is 4.03. The summed E-state index contributed by atoms with van der Waals surface area (Å²) in [6.45, 7) is 8.61. The van der Waals surface area contributed by atoms with Gasteiger partial charge in [0.15, 0.2) is 0 Å². The molecule has 0 heterocycles. The van der Waals surface area contributed by atoms with Gasteiger partial charge in [-0.15, -0.1) is 0 Å². The highest BCUT2D eigenvalue weighted by Gasteiger charge is 2.55. The Labute approximate surface area is 148 Å². The first kappa shape index (κ1) is 20.6. The minimum Gasteiger partial charge on any atom is -0.460 e. The molecule has 2 atom stereocenters. The van der Waals surface area contributed by atoms with E-state index in [0.717, 1.165) is 38.5 Å². The van der Waals surface area contributed by atoms with Crippen LogP contribution in [-0.4, -0.2) is 30.8 Å². The van der Waals surface area contributed by atoms with Gasteiger partial charge in [0.2, 0.25) is 0 Å². The van der Waals surface area contributed by atoms with Crippen LogP contribution >= 0.6 is 0 Å². The van der Waals surface area contributed by atoms with E-state index in [2.05, 4.69) is 32.4 Å². The second-order valence-corrected chi connectivity index (χ2v) is 10.6. The molecule has 0 amide bonds. The van der Waals surface area contributed by atoms with Crippen LogP contribution in [-0.2, 0) is 19.6 Å². The van der Waals surface area contributed by atoms with Crippen LogP contribution in [0.3, 0.4) is 0 Å². The molecule has 146 valence electrons. The summed E-state index contributed by atoms with van der Waals surface area (Å²) in [4.78, 5) is 11.4. The van der Waals surface area contributed by atoms with Gasteiger partial charge in [-0.2, -0.15) is 17.2 Å². The number of esters is 1. The third-order valence-corrected chi connectivity index (χ3v) is 6.80. The van der Waals surface area contributed by atoms with Crippen molar-refractivity contribution in [3.63, 3.8) is 0 Å². The van der Waals surface area contributed by atoms with Gasteiger partial charge in [-0.1, -0.05) is 34.1 Å². The summed E-state index contributed by atoms with van der Waals surface area (Å²) in [7, 11) is -5.82. The summed E-state index contributed by atoms with van der Waals surface area (Å²) in [6, 6.07) is 0. The smallest absolute Gasteiger partial charge is 0.460 e. The molecule has 0 aromatic rings. The number of hydrogen-bond donors (Lipinski definition) is 1. The van der Waals surface area contributed by atoms with Crippen molar-refractivity contribution in [2.75, 3.05) is 6.61 Å². The highest BCUT2D eigenvalue weighted by Crippen LogP contribution is 2.63. The van der Waals surface area contributed by atoms with Crippen molar-refractivity contribution in [3.05, 3.63) is 0 Å². The quantitative estimate of drug-likeness (QED) is 0.573. The van der Waals surface area contributed by atoms with Crippen molar-refractivity contribution in [3.8, 4) is 0 Å². The molecule has 2 unspecified atom stereocenters. The Morgan fingerprint density at radius 2 is 1.64 bits per heavy atom. The minimum atomic E-state index is -5.82. The van der Waals surface area contributed by atoms with Gasteiger partial charge in [-0.05, 0) is 54.3 Å². The van der Waals surface area contributed by atoms with Gasteiger partial charge in [0.05, 0.1) is 6.61 Å². The summed E-state index contributed by atoms with van der Waals surface area (Å²) in [5.41, 5.74) is 0.360. The fourth-order valence-corrected chi connectivity index (χ4v) is 6.05. The van der Waals surface area contributed by atoms with Crippen LogP contribution in [0, 0.1) is 22.2 Å². The van der Waals surface area contributed by atoms with Crippen molar-refractivity contribution in [2.24, 2.45) is 22.2 Å². The average Bonchev–Trinajstić information content (AvgIpc) is 2.40. The van der Waals surface area contributed by atoms with Gasteiger partial charge < -0.3 is 4.74 Å². The lowest BCUT2D eigenvalue weighted by molar-refractivity contribution is -0.166. The van der Waals surface area contributed by atoms with E-state index >= 15 is 0 Å². The standard InChI is InChI=1S/C17H28F2O5S/c1-5-14(2)9-15(3)6-12(7-16(4,10-14)11-15)8-24-13(20)17(18,19)25(21,22)23/h12H,5-11H2,1-4H3,(H,21,22,23). The molecule has 0 saturated heterocycles. The molecule has 2 rings (SSSR count). The molecule has 0 radical (unpaired) electrons. The molecule has 2 aliphatic carbocycles. The Morgan fingerprint density at radius 1 is 1.16 bits per heavy atom. The molecule has 2 fully saturated rings. The molecule has 0 aromatic carbocycles. The van der Waals surface area contributed by atoms with Crippen molar-refractivity contribution in [2.45, 2.75) is 71.5 Å². The summed E-state index contributed by atoms with van der Waals surface area (Å²) in [6.07, 6.45) is 5.72. The largest absolute Gasteiger partial charge is 0.465 e. The Hall–Kier alpha value is -0.760. The number of ether oxygens (including phenoxy) is 1. The zero-order valence-electron chi connectivity index (χ0n) is 15.3. The zero-order valence-corrected chi connectivity index (χ0v) is 16.1. The van der Waals surface area contributed by atoms with Crippen molar-refractivity contribution in [1.29, 1.82) is 0 Å². The van der Waals surface area contributed by atoms with E-state index in [0.29, 0.717) is 0 Å². The zero-order chi connectivity index (χ0) is 19.3. The number of hydrogen-bond acceptors (Lipinski definition) is 4. The second-order valence-electron chi connectivity index (χ2n) is 9.18. The van der Waals surface area contributed by atoms with E-state index in [1.807, 2.05) is 0 Å². The van der Waals surface area contributed by atoms with E-state index in [1.165, 1.54) is 0 Å². The van der Waals surface area contributed by atoms with Gasteiger partial charge in [0.1, 0.15) is 0 Å². The van der Waals surface area contributed by atoms with Crippen LogP contribution in [0.2, 0.25) is 0 Å². The lowest BCUT2D eigenvalue weighted by Crippen LogP contribution is -2.49. The fourth-order valence-electron chi connectivity index (χ4n) is 5.78. The number of fused-ring (bicyclic) bond motifs is 2. The summed E-state index contributed by atoms with van der Waals surface area (Å²) < 4.78 is 60.9. The van der Waals surface area contributed by atoms with Crippen LogP contribution < -0.4 is 0 Å². The second kappa shape index (κ2) is 6.15. The molecule has 1 N–H and O–H groups in total. The SMILES string of the molecule is CCC1(C)CC2(C)CC(COC(=O)C(F)(F)S(=O)(=O)O)CC(C)(C1)C2. The molecular weight excluding hydrogens is 354 g/mol. The Balaban J connectivity index is 2.06. The first-order valence-corrected chi connectivity index (χ1v) is 10.1. The average molecular weight is 382 g/mol. The van der Waals surface area contributed by atoms with E-state index in [-0.39, 0.29) is 28.8 Å². The monoisotopic (exact) mass is 382 g/mol. The number of carbonyl (C=O) groups is 1. The van der Waals surface area contributed by atoms with Crippen LogP contribution in [0.5, 0.6) is 0 Å². The van der Waals surface area contributed by atoms with Crippen LogP contribution in [0.1, 0.15) is 66.2 Å². The number of carbonyl (C=O) groups excluding carboxylic acids is 1. The minimum absolute atomic E-state index is 0.0542. The van der Waals surface area contributed by atoms with Gasteiger partial charge in [0, 0.05) is 0 Å². The summed E-state index contributed by atoms with van der Waals surface area (Å²) in [5, 5.41) is -4.92. The molecule has 25 heavy (non-hydrogen) atoms. The lowest BCUT2D eigenvalue weighted by atomic mass is 9.47. The number of rotatable bonds is 5. The first-order chi connectivity index (χ1) is 11.1. The van der Waals surface area contributed by atoms with Gasteiger partial charge in [-0.3, -0.25) is 4.55 Å². The highest BCUT2D eigenvalue weighted by atomic mass is 32.2. The van der Waals surface area contributed by atoms with Crippen LogP contribution in [0.4, 0.5) is 8.78 Å². The van der Waals surface area contributed by atoms with E-state index in [1.54, 1.807) is 0 Å². The molecule has 0 spiro atoms. The Kier molecular flexibility index (Phi) is 5.05. The Morgan fingerprint density at radius 3 is 2.04 bits per heavy atom. The Bertz CT molecular complexity index is 627. The maximum Gasteiger partial charge on any atom is 0.465 e. The van der Waals surface area contributed by atoms with Crippen LogP contribution in [0.15, 0.2) is 0 Å². The van der Waals surface area contributed by atoms with Crippen molar-refractivity contribution < 1.29 is 31.3 Å². The van der Waals surface area contributed by atoms with Crippen LogP contribution in [0.25, 0.3) is 0 Å². The van der Waals surface area contributed by atoms with E-state index in [9.17, 15) is 22.0 Å². The predicted molar refractivity (Wildman–Crippen MR) is 88.6 cm³/mol. The highest BCUT2D eigenvalue weighted by molar-refractivity contribution is 7.87. The van der Waals surface area contributed by atoms with E-state index < -0.39 is 21.3 Å². The van der Waals surface area contributed by atoms with E-state index in [4.69, 9.17) is 4.55 Å². The third-order valence-electron chi connectivity index (χ3n) is 5.99. The normalized spacial score (nSPS) is 39.1. The molecule has 2 aliphatic rings. The van der Waals surface area contributed by atoms with Crippen molar-refractivity contribution in [1.82, 2.24) is 0 Å². The lowest BCUT2D eigenvalue weighted by Gasteiger charge is -2.58. The van der Waals surface area contributed by atoms with Gasteiger partial charge in [0.25, 0.3) is 0 Å². The first-order valence-electron chi connectivity index (χ1n) is 8.66. The van der Waals surface area contributed by atoms with Gasteiger partial charge >= 0.3 is 21.3 Å². The molecule has 2 bridgehead atoms. The molecular formula is C17H28F2O5S. The topological polar surface area (TPSA) is 80.7 Å². The van der Waals surface area contributed by atoms with Crippen molar-refractivity contribution >= 4 is 16.1 Å². The molecule has 0 aliphatic heterocycles. The fraction of sp³-hybridized carbons (Fsp3) is 0.941. The maximum atomic E-state index is 13.3. The third kappa shape index (κ3) is 4.15. The summed E-state index contributed by atoms with van der Waals surface area (Å²) >= 11 is 0. The maximum absolute atomic E-state index is 13.3. The molecule has 5 nitrogen and oxygen atoms in total. The number of halogens is 2. The molecule has 2 saturated carbocycles.